The molecule has 1 aliphatic rings. The molecule has 0 bridgehead atoms. The van der Waals surface area contributed by atoms with Crippen LogP contribution in [-0.2, 0) is 11.3 Å². The van der Waals surface area contributed by atoms with Crippen LogP contribution in [0.25, 0.3) is 0 Å². The monoisotopic (exact) mass is 398 g/mol. The predicted molar refractivity (Wildman–Crippen MR) is 114 cm³/mol. The SMILES string of the molecule is CCN(C(=O)c1cc(C(C)C)c(O)cc1O)c1ccccc1CN1CCOCC1. The number of hydrogen-bond donors (Lipinski definition) is 2. The van der Waals surface area contributed by atoms with Gasteiger partial charge in [0.15, 0.2) is 0 Å². The third kappa shape index (κ3) is 4.71. The molecule has 1 saturated heterocycles. The molecule has 1 fully saturated rings. The number of phenolic OH excluding ortho intramolecular Hbond substituents is 2. The molecule has 6 nitrogen and oxygen atoms in total. The van der Waals surface area contributed by atoms with E-state index in [1.165, 1.54) is 6.07 Å². The molecule has 29 heavy (non-hydrogen) atoms. The summed E-state index contributed by atoms with van der Waals surface area (Å²) in [6.45, 7) is 10.2. The molecule has 3 rings (SSSR count). The maximum Gasteiger partial charge on any atom is 0.262 e. The van der Waals surface area contributed by atoms with Gasteiger partial charge in [-0.05, 0) is 36.1 Å². The van der Waals surface area contributed by atoms with Crippen molar-refractivity contribution < 1.29 is 19.7 Å². The van der Waals surface area contributed by atoms with Crippen LogP contribution in [0.5, 0.6) is 11.5 Å². The zero-order valence-electron chi connectivity index (χ0n) is 17.4. The Morgan fingerprint density at radius 2 is 1.83 bits per heavy atom. The summed E-state index contributed by atoms with van der Waals surface area (Å²) in [5.41, 5.74) is 2.75. The Morgan fingerprint density at radius 3 is 2.48 bits per heavy atom. The Balaban J connectivity index is 1.94. The average molecular weight is 399 g/mol. The van der Waals surface area contributed by atoms with Crippen LogP contribution in [-0.4, -0.2) is 53.9 Å². The van der Waals surface area contributed by atoms with Crippen LogP contribution in [0, 0.1) is 0 Å². The summed E-state index contributed by atoms with van der Waals surface area (Å²) in [5.74, 6) is -0.446. The van der Waals surface area contributed by atoms with E-state index in [1.54, 1.807) is 11.0 Å². The van der Waals surface area contributed by atoms with Gasteiger partial charge in [0.05, 0.1) is 18.8 Å². The van der Waals surface area contributed by atoms with Crippen LogP contribution in [0.3, 0.4) is 0 Å². The molecule has 1 amide bonds. The van der Waals surface area contributed by atoms with Gasteiger partial charge in [0.1, 0.15) is 11.5 Å². The van der Waals surface area contributed by atoms with Gasteiger partial charge in [0.2, 0.25) is 0 Å². The van der Waals surface area contributed by atoms with Gasteiger partial charge in [-0.2, -0.15) is 0 Å². The first-order chi connectivity index (χ1) is 13.9. The number of phenols is 2. The van der Waals surface area contributed by atoms with Crippen molar-refractivity contribution in [1.82, 2.24) is 4.90 Å². The highest BCUT2D eigenvalue weighted by molar-refractivity contribution is 6.08. The maximum absolute atomic E-state index is 13.4. The molecule has 0 unspecified atom stereocenters. The highest BCUT2D eigenvalue weighted by atomic mass is 16.5. The first kappa shape index (κ1) is 21.1. The van der Waals surface area contributed by atoms with Crippen molar-refractivity contribution in [3.63, 3.8) is 0 Å². The van der Waals surface area contributed by atoms with Crippen LogP contribution < -0.4 is 4.90 Å². The van der Waals surface area contributed by atoms with Crippen molar-refractivity contribution in [2.75, 3.05) is 37.7 Å². The summed E-state index contributed by atoms with van der Waals surface area (Å²) in [4.78, 5) is 17.4. The molecular formula is C23H30N2O4. The summed E-state index contributed by atoms with van der Waals surface area (Å²) in [7, 11) is 0. The number of carbonyl (C=O) groups excluding carboxylic acids is 1. The zero-order chi connectivity index (χ0) is 21.0. The smallest absolute Gasteiger partial charge is 0.262 e. The highest BCUT2D eigenvalue weighted by Crippen LogP contribution is 2.34. The predicted octanol–water partition coefficient (Wildman–Crippen LogP) is 3.72. The molecule has 2 N–H and O–H groups in total. The first-order valence-electron chi connectivity index (χ1n) is 10.2. The average Bonchev–Trinajstić information content (AvgIpc) is 2.70. The Kier molecular flexibility index (Phi) is 6.77. The fraction of sp³-hybridized carbons (Fsp3) is 0.435. The lowest BCUT2D eigenvalue weighted by atomic mass is 9.98. The third-order valence-electron chi connectivity index (χ3n) is 5.34. The van der Waals surface area contributed by atoms with Gasteiger partial charge in [0, 0.05) is 37.9 Å². The molecule has 2 aromatic rings. The van der Waals surface area contributed by atoms with Crippen LogP contribution in [0.15, 0.2) is 36.4 Å². The summed E-state index contributed by atoms with van der Waals surface area (Å²) in [6, 6.07) is 10.7. The van der Waals surface area contributed by atoms with Gasteiger partial charge in [0.25, 0.3) is 5.91 Å². The van der Waals surface area contributed by atoms with Crippen LogP contribution in [0.2, 0.25) is 0 Å². The van der Waals surface area contributed by atoms with E-state index >= 15 is 0 Å². The Hall–Kier alpha value is -2.57. The number of anilines is 1. The minimum Gasteiger partial charge on any atom is -0.508 e. The van der Waals surface area contributed by atoms with E-state index in [0.29, 0.717) is 12.1 Å². The quantitative estimate of drug-likeness (QED) is 0.776. The molecule has 0 spiro atoms. The Bertz CT molecular complexity index is 860. The second kappa shape index (κ2) is 9.29. The molecule has 0 aliphatic carbocycles. The van der Waals surface area contributed by atoms with Crippen molar-refractivity contribution in [1.29, 1.82) is 0 Å². The van der Waals surface area contributed by atoms with Gasteiger partial charge in [-0.15, -0.1) is 0 Å². The van der Waals surface area contributed by atoms with Gasteiger partial charge in [-0.3, -0.25) is 9.69 Å². The van der Waals surface area contributed by atoms with Gasteiger partial charge < -0.3 is 19.8 Å². The summed E-state index contributed by atoms with van der Waals surface area (Å²) < 4.78 is 5.43. The number of amides is 1. The van der Waals surface area contributed by atoms with Crippen molar-refractivity contribution in [2.24, 2.45) is 0 Å². The number of morpholine rings is 1. The lowest BCUT2D eigenvalue weighted by molar-refractivity contribution is 0.0342. The lowest BCUT2D eigenvalue weighted by Crippen LogP contribution is -2.37. The standard InChI is InChI=1S/C23H30N2O4/c1-4-25(23(28)19-13-18(16(2)3)21(26)14-22(19)27)20-8-6-5-7-17(20)15-24-9-11-29-12-10-24/h5-8,13-14,16,26-27H,4,9-12,15H2,1-3H3. The molecular weight excluding hydrogens is 368 g/mol. The summed E-state index contributed by atoms with van der Waals surface area (Å²) in [5, 5.41) is 20.5. The van der Waals surface area contributed by atoms with Gasteiger partial charge in [-0.1, -0.05) is 32.0 Å². The van der Waals surface area contributed by atoms with E-state index in [1.807, 2.05) is 45.0 Å². The second-order valence-corrected chi connectivity index (χ2v) is 7.65. The normalized spacial score (nSPS) is 14.9. The third-order valence-corrected chi connectivity index (χ3v) is 5.34. The van der Waals surface area contributed by atoms with E-state index in [-0.39, 0.29) is 28.9 Å². The number of carbonyl (C=O) groups is 1. The molecule has 156 valence electrons. The number of ether oxygens (including phenoxy) is 1. The molecule has 6 heteroatoms. The van der Waals surface area contributed by atoms with E-state index in [0.717, 1.165) is 44.1 Å². The summed E-state index contributed by atoms with van der Waals surface area (Å²) in [6.07, 6.45) is 0. The maximum atomic E-state index is 13.4. The summed E-state index contributed by atoms with van der Waals surface area (Å²) >= 11 is 0. The molecule has 0 aromatic heterocycles. The number of para-hydroxylation sites is 1. The van der Waals surface area contributed by atoms with Crippen molar-refractivity contribution >= 4 is 11.6 Å². The minimum atomic E-state index is -0.277. The Morgan fingerprint density at radius 1 is 1.14 bits per heavy atom. The van der Waals surface area contributed by atoms with Crippen LogP contribution in [0.1, 0.15) is 48.2 Å². The zero-order valence-corrected chi connectivity index (χ0v) is 17.4. The molecule has 1 aliphatic heterocycles. The molecule has 2 aromatic carbocycles. The highest BCUT2D eigenvalue weighted by Gasteiger charge is 2.24. The molecule has 1 heterocycles. The largest absolute Gasteiger partial charge is 0.508 e. The van der Waals surface area contributed by atoms with Crippen molar-refractivity contribution in [3.8, 4) is 11.5 Å². The Labute approximate surface area is 172 Å². The van der Waals surface area contributed by atoms with E-state index < -0.39 is 0 Å². The molecule has 0 atom stereocenters. The first-order valence-corrected chi connectivity index (χ1v) is 10.2. The molecule has 0 radical (unpaired) electrons. The number of aromatic hydroxyl groups is 2. The van der Waals surface area contributed by atoms with Crippen molar-refractivity contribution in [2.45, 2.75) is 33.2 Å². The minimum absolute atomic E-state index is 0.00446. The lowest BCUT2D eigenvalue weighted by Gasteiger charge is -2.30. The number of benzene rings is 2. The van der Waals surface area contributed by atoms with E-state index in [9.17, 15) is 15.0 Å². The fourth-order valence-electron chi connectivity index (χ4n) is 3.70. The van der Waals surface area contributed by atoms with Crippen LogP contribution in [0.4, 0.5) is 5.69 Å². The number of rotatable bonds is 6. The number of nitrogens with zero attached hydrogens (tertiary/aromatic N) is 2. The second-order valence-electron chi connectivity index (χ2n) is 7.65. The van der Waals surface area contributed by atoms with Crippen LogP contribution >= 0.6 is 0 Å². The van der Waals surface area contributed by atoms with Gasteiger partial charge in [-0.25, -0.2) is 0 Å². The fourth-order valence-corrected chi connectivity index (χ4v) is 3.70. The number of hydrogen-bond acceptors (Lipinski definition) is 5. The van der Waals surface area contributed by atoms with Crippen molar-refractivity contribution in [3.05, 3.63) is 53.1 Å². The van der Waals surface area contributed by atoms with E-state index in [4.69, 9.17) is 4.74 Å². The topological polar surface area (TPSA) is 73.2 Å². The molecule has 0 saturated carbocycles. The van der Waals surface area contributed by atoms with E-state index in [2.05, 4.69) is 4.90 Å². The van der Waals surface area contributed by atoms with Gasteiger partial charge >= 0.3 is 0 Å².